The summed E-state index contributed by atoms with van der Waals surface area (Å²) in [5, 5.41) is 3.44. The lowest BCUT2D eigenvalue weighted by Gasteiger charge is -2.28. The summed E-state index contributed by atoms with van der Waals surface area (Å²) >= 11 is 0. The Labute approximate surface area is 106 Å². The van der Waals surface area contributed by atoms with Crippen LogP contribution in [-0.4, -0.2) is 49.3 Å². The van der Waals surface area contributed by atoms with Gasteiger partial charge in [-0.25, -0.2) is 0 Å². The normalized spacial score (nSPS) is 28.8. The third-order valence-electron chi connectivity index (χ3n) is 3.72. The van der Waals surface area contributed by atoms with Gasteiger partial charge in [-0.05, 0) is 59.0 Å². The van der Waals surface area contributed by atoms with Crippen LogP contribution in [0.5, 0.6) is 0 Å². The van der Waals surface area contributed by atoms with Crippen LogP contribution in [0.25, 0.3) is 0 Å². The van der Waals surface area contributed by atoms with Gasteiger partial charge in [-0.15, -0.1) is 0 Å². The largest absolute Gasteiger partial charge is 0.371 e. The lowest BCUT2D eigenvalue weighted by atomic mass is 9.98. The topological polar surface area (TPSA) is 24.5 Å². The zero-order chi connectivity index (χ0) is 12.3. The van der Waals surface area contributed by atoms with E-state index in [9.17, 15) is 0 Å². The summed E-state index contributed by atoms with van der Waals surface area (Å²) < 4.78 is 6.06. The van der Waals surface area contributed by atoms with Gasteiger partial charge in [0.05, 0.1) is 11.7 Å². The van der Waals surface area contributed by atoms with Gasteiger partial charge in [-0.2, -0.15) is 0 Å². The maximum Gasteiger partial charge on any atom is 0.0721 e. The minimum Gasteiger partial charge on any atom is -0.371 e. The Bertz CT molecular complexity index is 231. The first-order valence-corrected chi connectivity index (χ1v) is 7.14. The Morgan fingerprint density at radius 3 is 2.53 bits per heavy atom. The zero-order valence-corrected chi connectivity index (χ0v) is 11.7. The Balaban J connectivity index is 1.70. The second-order valence-electron chi connectivity index (χ2n) is 6.59. The molecule has 0 radical (unpaired) electrons. The summed E-state index contributed by atoms with van der Waals surface area (Å²) in [7, 11) is 0. The van der Waals surface area contributed by atoms with Crippen LogP contribution in [0, 0.1) is 5.92 Å². The molecule has 2 fully saturated rings. The van der Waals surface area contributed by atoms with E-state index in [0.29, 0.717) is 6.10 Å². The third kappa shape index (κ3) is 4.57. The lowest BCUT2D eigenvalue weighted by Crippen LogP contribution is -2.36. The van der Waals surface area contributed by atoms with E-state index in [1.165, 1.54) is 45.4 Å². The minimum absolute atomic E-state index is 0.00936. The minimum atomic E-state index is 0.00936. The number of hydrogen-bond acceptors (Lipinski definition) is 3. The fourth-order valence-corrected chi connectivity index (χ4v) is 2.99. The molecule has 0 aromatic heterocycles. The van der Waals surface area contributed by atoms with Gasteiger partial charge < -0.3 is 15.0 Å². The van der Waals surface area contributed by atoms with Crippen LogP contribution < -0.4 is 5.32 Å². The van der Waals surface area contributed by atoms with Crippen molar-refractivity contribution in [2.45, 2.75) is 51.7 Å². The van der Waals surface area contributed by atoms with E-state index in [0.717, 1.165) is 12.5 Å². The Kier molecular flexibility index (Phi) is 4.45. The molecule has 0 aromatic rings. The number of likely N-dealkylation sites (tertiary alicyclic amines) is 1. The van der Waals surface area contributed by atoms with Crippen molar-refractivity contribution in [3.63, 3.8) is 0 Å². The summed E-state index contributed by atoms with van der Waals surface area (Å²) in [5.41, 5.74) is 0.00936. The molecule has 17 heavy (non-hydrogen) atoms. The molecule has 0 amide bonds. The van der Waals surface area contributed by atoms with Crippen molar-refractivity contribution in [2.75, 3.05) is 32.7 Å². The van der Waals surface area contributed by atoms with E-state index in [-0.39, 0.29) is 5.60 Å². The van der Waals surface area contributed by atoms with Crippen molar-refractivity contribution in [3.05, 3.63) is 0 Å². The maximum atomic E-state index is 6.06. The molecule has 0 unspecified atom stereocenters. The van der Waals surface area contributed by atoms with E-state index in [1.54, 1.807) is 0 Å². The van der Waals surface area contributed by atoms with E-state index in [1.807, 2.05) is 0 Å². The van der Waals surface area contributed by atoms with Gasteiger partial charge in [0.1, 0.15) is 0 Å². The Morgan fingerprint density at radius 2 is 1.88 bits per heavy atom. The number of ether oxygens (including phenoxy) is 1. The first-order chi connectivity index (χ1) is 8.03. The molecule has 0 saturated carbocycles. The molecular formula is C14H28N2O. The summed E-state index contributed by atoms with van der Waals surface area (Å²) in [5.74, 6) is 0.907. The van der Waals surface area contributed by atoms with Gasteiger partial charge in [-0.3, -0.25) is 0 Å². The third-order valence-corrected chi connectivity index (χ3v) is 3.72. The molecule has 1 N–H and O–H groups in total. The van der Waals surface area contributed by atoms with Gasteiger partial charge in [0.15, 0.2) is 0 Å². The molecule has 100 valence electrons. The first-order valence-electron chi connectivity index (χ1n) is 7.14. The number of rotatable bonds is 3. The van der Waals surface area contributed by atoms with Crippen LogP contribution in [0.15, 0.2) is 0 Å². The second kappa shape index (κ2) is 5.68. The Hall–Kier alpha value is -0.120. The van der Waals surface area contributed by atoms with Crippen molar-refractivity contribution in [2.24, 2.45) is 5.92 Å². The Morgan fingerprint density at radius 1 is 1.18 bits per heavy atom. The number of hydrogen-bond donors (Lipinski definition) is 1. The molecule has 3 heteroatoms. The fourth-order valence-electron chi connectivity index (χ4n) is 2.99. The van der Waals surface area contributed by atoms with Crippen molar-refractivity contribution < 1.29 is 4.74 Å². The molecular weight excluding hydrogens is 212 g/mol. The van der Waals surface area contributed by atoms with Gasteiger partial charge in [0.25, 0.3) is 0 Å². The molecule has 2 aliphatic heterocycles. The van der Waals surface area contributed by atoms with E-state index in [2.05, 4.69) is 31.0 Å². The molecule has 2 rings (SSSR count). The van der Waals surface area contributed by atoms with Crippen LogP contribution in [0.2, 0.25) is 0 Å². The molecule has 1 atom stereocenters. The van der Waals surface area contributed by atoms with Crippen molar-refractivity contribution >= 4 is 0 Å². The predicted molar refractivity (Wildman–Crippen MR) is 71.3 cm³/mol. The number of nitrogens with zero attached hydrogens (tertiary/aromatic N) is 1. The van der Waals surface area contributed by atoms with Crippen LogP contribution >= 0.6 is 0 Å². The lowest BCUT2D eigenvalue weighted by molar-refractivity contribution is -0.0543. The smallest absolute Gasteiger partial charge is 0.0721 e. The molecule has 3 nitrogen and oxygen atoms in total. The van der Waals surface area contributed by atoms with Crippen LogP contribution in [0.3, 0.4) is 0 Å². The van der Waals surface area contributed by atoms with Crippen LogP contribution in [0.1, 0.15) is 40.0 Å². The first kappa shape index (κ1) is 13.3. The van der Waals surface area contributed by atoms with Crippen LogP contribution in [0.4, 0.5) is 0 Å². The molecule has 0 bridgehead atoms. The standard InChI is InChI=1S/C14H28N2O/c1-14(2,3)17-13-6-9-16(11-13)10-12-4-7-15-8-5-12/h12-13,15H,4-11H2,1-3H3/t13-/m1/s1. The monoisotopic (exact) mass is 240 g/mol. The molecule has 2 saturated heterocycles. The average Bonchev–Trinajstić information content (AvgIpc) is 2.64. The van der Waals surface area contributed by atoms with Crippen molar-refractivity contribution in [1.82, 2.24) is 10.2 Å². The van der Waals surface area contributed by atoms with Gasteiger partial charge in [0.2, 0.25) is 0 Å². The highest BCUT2D eigenvalue weighted by Crippen LogP contribution is 2.22. The number of nitrogens with one attached hydrogen (secondary N) is 1. The average molecular weight is 240 g/mol. The second-order valence-corrected chi connectivity index (χ2v) is 6.59. The highest BCUT2D eigenvalue weighted by molar-refractivity contribution is 4.81. The quantitative estimate of drug-likeness (QED) is 0.815. The van der Waals surface area contributed by atoms with E-state index in [4.69, 9.17) is 4.74 Å². The van der Waals surface area contributed by atoms with Crippen molar-refractivity contribution in [3.8, 4) is 0 Å². The summed E-state index contributed by atoms with van der Waals surface area (Å²) in [6.45, 7) is 12.5. The molecule has 0 aliphatic carbocycles. The van der Waals surface area contributed by atoms with Crippen molar-refractivity contribution in [1.29, 1.82) is 0 Å². The van der Waals surface area contributed by atoms with E-state index >= 15 is 0 Å². The van der Waals surface area contributed by atoms with Crippen LogP contribution in [-0.2, 0) is 4.74 Å². The van der Waals surface area contributed by atoms with Gasteiger partial charge >= 0.3 is 0 Å². The summed E-state index contributed by atoms with van der Waals surface area (Å²) in [6, 6.07) is 0. The molecule has 0 aromatic carbocycles. The molecule has 0 spiro atoms. The van der Waals surface area contributed by atoms with Gasteiger partial charge in [0, 0.05) is 19.6 Å². The maximum absolute atomic E-state index is 6.06. The predicted octanol–water partition coefficient (Wildman–Crippen LogP) is 1.88. The number of piperidine rings is 1. The highest BCUT2D eigenvalue weighted by Gasteiger charge is 2.28. The molecule has 2 heterocycles. The summed E-state index contributed by atoms with van der Waals surface area (Å²) in [4.78, 5) is 2.60. The fraction of sp³-hybridized carbons (Fsp3) is 1.00. The van der Waals surface area contributed by atoms with Gasteiger partial charge in [-0.1, -0.05) is 0 Å². The SMILES string of the molecule is CC(C)(C)O[C@@H]1CCN(CC2CCNCC2)C1. The van der Waals surface area contributed by atoms with E-state index < -0.39 is 0 Å². The zero-order valence-electron chi connectivity index (χ0n) is 11.7. The highest BCUT2D eigenvalue weighted by atomic mass is 16.5. The molecule has 2 aliphatic rings. The summed E-state index contributed by atoms with van der Waals surface area (Å²) in [6.07, 6.45) is 4.36.